The van der Waals surface area contributed by atoms with Crippen LogP contribution in [0.1, 0.15) is 12.0 Å². The predicted octanol–water partition coefficient (Wildman–Crippen LogP) is 2.40. The average molecular weight is 424 g/mol. The van der Waals surface area contributed by atoms with Crippen LogP contribution in [-0.2, 0) is 16.1 Å². The smallest absolute Gasteiger partial charge is 0.228 e. The zero-order valence-electron chi connectivity index (χ0n) is 18.1. The van der Waals surface area contributed by atoms with Crippen LogP contribution in [0.5, 0.6) is 11.5 Å². The number of benzene rings is 2. The summed E-state index contributed by atoms with van der Waals surface area (Å²) in [7, 11) is 3.27. The number of ether oxygens (including phenoxy) is 2. The normalized spacial score (nSPS) is 19.5. The van der Waals surface area contributed by atoms with Gasteiger partial charge in [-0.3, -0.25) is 14.5 Å². The number of nitrogens with zero attached hydrogens (tertiary/aromatic N) is 3. The molecule has 0 saturated carbocycles. The third kappa shape index (κ3) is 4.82. The van der Waals surface area contributed by atoms with Gasteiger partial charge in [0.05, 0.1) is 20.1 Å². The maximum atomic E-state index is 13.1. The second kappa shape index (κ2) is 9.39. The minimum absolute atomic E-state index is 0.00950. The molecule has 0 aliphatic carbocycles. The monoisotopic (exact) mass is 423 g/mol. The van der Waals surface area contributed by atoms with Crippen molar-refractivity contribution < 1.29 is 19.1 Å². The van der Waals surface area contributed by atoms with Crippen LogP contribution >= 0.6 is 0 Å². The Labute approximate surface area is 183 Å². The van der Waals surface area contributed by atoms with Crippen LogP contribution in [0.3, 0.4) is 0 Å². The highest BCUT2D eigenvalue weighted by molar-refractivity contribution is 6.00. The highest BCUT2D eigenvalue weighted by atomic mass is 16.5. The van der Waals surface area contributed by atoms with Gasteiger partial charge in [0.2, 0.25) is 11.8 Å². The van der Waals surface area contributed by atoms with Gasteiger partial charge in [-0.2, -0.15) is 0 Å². The van der Waals surface area contributed by atoms with Gasteiger partial charge >= 0.3 is 0 Å². The lowest BCUT2D eigenvalue weighted by atomic mass is 10.1. The van der Waals surface area contributed by atoms with E-state index in [2.05, 4.69) is 17.0 Å². The zero-order valence-corrected chi connectivity index (χ0v) is 18.1. The summed E-state index contributed by atoms with van der Waals surface area (Å²) in [5.74, 6) is 1.35. The molecule has 2 aliphatic rings. The van der Waals surface area contributed by atoms with Crippen molar-refractivity contribution in [1.82, 2.24) is 9.80 Å². The molecule has 0 spiro atoms. The molecule has 164 valence electrons. The molecule has 7 nitrogen and oxygen atoms in total. The first-order valence-electron chi connectivity index (χ1n) is 10.7. The van der Waals surface area contributed by atoms with E-state index in [-0.39, 0.29) is 24.2 Å². The summed E-state index contributed by atoms with van der Waals surface area (Å²) >= 11 is 0. The van der Waals surface area contributed by atoms with Crippen LogP contribution in [0.4, 0.5) is 5.69 Å². The summed E-state index contributed by atoms with van der Waals surface area (Å²) < 4.78 is 10.5. The first-order chi connectivity index (χ1) is 15.1. The molecule has 0 radical (unpaired) electrons. The van der Waals surface area contributed by atoms with E-state index < -0.39 is 0 Å². The van der Waals surface area contributed by atoms with Gasteiger partial charge < -0.3 is 19.3 Å². The van der Waals surface area contributed by atoms with Crippen molar-refractivity contribution >= 4 is 17.5 Å². The first-order valence-corrected chi connectivity index (χ1v) is 10.7. The standard InChI is InChI=1S/C24H29N3O4/c1-30-21-8-6-18(7-9-21)16-25-10-12-26(13-11-25)24(29)19-14-23(28)27(17-19)20-4-3-5-22(15-20)31-2/h3-9,15,19H,10-14,16-17H2,1-2H3. The minimum atomic E-state index is -0.285. The number of methoxy groups -OCH3 is 2. The Kier molecular flexibility index (Phi) is 6.42. The average Bonchev–Trinajstić information content (AvgIpc) is 3.21. The molecule has 7 heteroatoms. The number of piperazine rings is 1. The van der Waals surface area contributed by atoms with Crippen molar-refractivity contribution in [2.24, 2.45) is 5.92 Å². The number of amides is 2. The number of carbonyl (C=O) groups excluding carboxylic acids is 2. The van der Waals surface area contributed by atoms with Gasteiger partial charge in [0.25, 0.3) is 0 Å². The number of hydrogen-bond acceptors (Lipinski definition) is 5. The molecule has 0 bridgehead atoms. The van der Waals surface area contributed by atoms with E-state index in [9.17, 15) is 9.59 Å². The molecule has 1 unspecified atom stereocenters. The summed E-state index contributed by atoms with van der Waals surface area (Å²) in [6.07, 6.45) is 0.266. The topological polar surface area (TPSA) is 62.3 Å². The number of anilines is 1. The molecule has 2 fully saturated rings. The largest absolute Gasteiger partial charge is 0.497 e. The quantitative estimate of drug-likeness (QED) is 0.714. The molecule has 31 heavy (non-hydrogen) atoms. The summed E-state index contributed by atoms with van der Waals surface area (Å²) in [6.45, 7) is 4.34. The van der Waals surface area contributed by atoms with Crippen molar-refractivity contribution in [1.29, 1.82) is 0 Å². The lowest BCUT2D eigenvalue weighted by molar-refractivity contribution is -0.137. The maximum absolute atomic E-state index is 13.1. The summed E-state index contributed by atoms with van der Waals surface area (Å²) in [5, 5.41) is 0. The molecule has 2 aromatic rings. The SMILES string of the molecule is COc1ccc(CN2CCN(C(=O)C3CC(=O)N(c4cccc(OC)c4)C3)CC2)cc1. The molecule has 1 atom stereocenters. The fourth-order valence-electron chi connectivity index (χ4n) is 4.27. The fraction of sp³-hybridized carbons (Fsp3) is 0.417. The van der Waals surface area contributed by atoms with Crippen LogP contribution < -0.4 is 14.4 Å². The fourth-order valence-corrected chi connectivity index (χ4v) is 4.27. The van der Waals surface area contributed by atoms with Crippen molar-refractivity contribution in [3.63, 3.8) is 0 Å². The summed E-state index contributed by atoms with van der Waals surface area (Å²) in [6, 6.07) is 15.5. The molecule has 2 saturated heterocycles. The Balaban J connectivity index is 1.30. The Morgan fingerprint density at radius 2 is 1.68 bits per heavy atom. The van der Waals surface area contributed by atoms with E-state index in [0.29, 0.717) is 25.4 Å². The highest BCUT2D eigenvalue weighted by Crippen LogP contribution is 2.29. The van der Waals surface area contributed by atoms with E-state index in [4.69, 9.17) is 9.47 Å². The number of rotatable bonds is 6. The molecule has 4 rings (SSSR count). The van der Waals surface area contributed by atoms with Gasteiger partial charge in [-0.15, -0.1) is 0 Å². The molecule has 2 amide bonds. The van der Waals surface area contributed by atoms with Gasteiger partial charge in [-0.05, 0) is 29.8 Å². The van der Waals surface area contributed by atoms with Gasteiger partial charge in [-0.1, -0.05) is 18.2 Å². The lowest BCUT2D eigenvalue weighted by Gasteiger charge is -2.36. The molecule has 2 aliphatic heterocycles. The first kappa shape index (κ1) is 21.2. The van der Waals surface area contributed by atoms with E-state index in [1.807, 2.05) is 41.3 Å². The van der Waals surface area contributed by atoms with E-state index in [0.717, 1.165) is 31.1 Å². The van der Waals surface area contributed by atoms with Crippen molar-refractivity contribution in [3.8, 4) is 11.5 Å². The zero-order chi connectivity index (χ0) is 21.8. The van der Waals surface area contributed by atoms with Crippen LogP contribution in [0.2, 0.25) is 0 Å². The van der Waals surface area contributed by atoms with Gasteiger partial charge in [0, 0.05) is 57.4 Å². The maximum Gasteiger partial charge on any atom is 0.228 e. The number of hydrogen-bond donors (Lipinski definition) is 0. The molecule has 2 aromatic carbocycles. The van der Waals surface area contributed by atoms with Crippen LogP contribution in [0.15, 0.2) is 48.5 Å². The van der Waals surface area contributed by atoms with Crippen molar-refractivity contribution in [3.05, 3.63) is 54.1 Å². The van der Waals surface area contributed by atoms with E-state index in [1.165, 1.54) is 5.56 Å². The summed E-state index contributed by atoms with van der Waals surface area (Å²) in [4.78, 5) is 31.6. The lowest BCUT2D eigenvalue weighted by Crippen LogP contribution is -2.50. The molecule has 2 heterocycles. The van der Waals surface area contributed by atoms with Crippen molar-refractivity contribution in [2.75, 3.05) is 51.8 Å². The number of carbonyl (C=O) groups is 2. The Bertz CT molecular complexity index is 923. The molecule has 0 N–H and O–H groups in total. The van der Waals surface area contributed by atoms with Crippen molar-refractivity contribution in [2.45, 2.75) is 13.0 Å². The predicted molar refractivity (Wildman–Crippen MR) is 118 cm³/mol. The van der Waals surface area contributed by atoms with Crippen LogP contribution in [0, 0.1) is 5.92 Å². The Morgan fingerprint density at radius 3 is 2.35 bits per heavy atom. The van der Waals surface area contributed by atoms with Gasteiger partial charge in [-0.25, -0.2) is 0 Å². The third-order valence-corrected chi connectivity index (χ3v) is 6.09. The highest BCUT2D eigenvalue weighted by Gasteiger charge is 2.38. The van der Waals surface area contributed by atoms with Gasteiger partial charge in [0.1, 0.15) is 11.5 Å². The third-order valence-electron chi connectivity index (χ3n) is 6.09. The minimum Gasteiger partial charge on any atom is -0.497 e. The molecular weight excluding hydrogens is 394 g/mol. The second-order valence-corrected chi connectivity index (χ2v) is 8.06. The molecular formula is C24H29N3O4. The van der Waals surface area contributed by atoms with Gasteiger partial charge in [0.15, 0.2) is 0 Å². The van der Waals surface area contributed by atoms with E-state index >= 15 is 0 Å². The van der Waals surface area contributed by atoms with E-state index in [1.54, 1.807) is 19.1 Å². The van der Waals surface area contributed by atoms with Crippen LogP contribution in [0.25, 0.3) is 0 Å². The second-order valence-electron chi connectivity index (χ2n) is 8.06. The van der Waals surface area contributed by atoms with Crippen LogP contribution in [-0.4, -0.2) is 68.6 Å². The molecule has 0 aromatic heterocycles. The summed E-state index contributed by atoms with van der Waals surface area (Å²) in [5.41, 5.74) is 2.01. The Hall–Kier alpha value is -3.06. The Morgan fingerprint density at radius 1 is 0.968 bits per heavy atom.